The Labute approximate surface area is 101 Å². The molecule has 2 aliphatic rings. The monoisotopic (exact) mass is 240 g/mol. The Morgan fingerprint density at radius 3 is 2.83 bits per heavy atom. The molecule has 1 unspecified atom stereocenters. The predicted octanol–water partition coefficient (Wildman–Crippen LogP) is 0.349. The number of benzene rings is 1. The average Bonchev–Trinajstić information content (AvgIpc) is 3.00. The maximum atomic E-state index is 12.3. The minimum Gasteiger partial charge on any atom is -0.329 e. The van der Waals surface area contributed by atoms with E-state index in [0.29, 0.717) is 11.3 Å². The number of aromatic nitrogens is 2. The quantitative estimate of drug-likeness (QED) is 0.621. The lowest BCUT2D eigenvalue weighted by Gasteiger charge is -2.21. The molecular formula is C12H8N4O2. The number of rotatable bonds is 0. The first-order valence-corrected chi connectivity index (χ1v) is 5.51. The van der Waals surface area contributed by atoms with Crippen LogP contribution in [0, 0.1) is 0 Å². The smallest absolute Gasteiger partial charge is 0.271 e. The van der Waals surface area contributed by atoms with Gasteiger partial charge in [0.1, 0.15) is 5.69 Å². The van der Waals surface area contributed by atoms with Crippen LogP contribution < -0.4 is 10.6 Å². The number of anilines is 1. The Balaban J connectivity index is 2.07. The standard InChI is InChI=1S/C12H8N4O2/c17-10-9-7(5-13-16-9)12(15-10)6-3-1-2-4-8(6)14-11(12)18/h1-5H,(H,13,16)(H,14,18)(H,15,17). The molecule has 0 radical (unpaired) electrons. The van der Waals surface area contributed by atoms with Gasteiger partial charge in [-0.3, -0.25) is 14.7 Å². The lowest BCUT2D eigenvalue weighted by Crippen LogP contribution is -2.46. The number of H-pyrrole nitrogens is 1. The van der Waals surface area contributed by atoms with Crippen molar-refractivity contribution in [1.82, 2.24) is 15.5 Å². The van der Waals surface area contributed by atoms with E-state index in [2.05, 4.69) is 20.8 Å². The average molecular weight is 240 g/mol. The van der Waals surface area contributed by atoms with Gasteiger partial charge in [0.2, 0.25) is 0 Å². The zero-order valence-electron chi connectivity index (χ0n) is 9.15. The second-order valence-electron chi connectivity index (χ2n) is 4.36. The molecule has 3 heterocycles. The third kappa shape index (κ3) is 0.839. The summed E-state index contributed by atoms with van der Waals surface area (Å²) in [5.41, 5.74) is 1.27. The highest BCUT2D eigenvalue weighted by Gasteiger charge is 2.55. The molecule has 6 heteroatoms. The number of fused-ring (bicyclic) bond motifs is 4. The molecule has 2 amide bonds. The molecule has 0 bridgehead atoms. The maximum Gasteiger partial charge on any atom is 0.271 e. The summed E-state index contributed by atoms with van der Waals surface area (Å²) in [6, 6.07) is 7.32. The van der Waals surface area contributed by atoms with Crippen molar-refractivity contribution in [3.8, 4) is 0 Å². The molecule has 18 heavy (non-hydrogen) atoms. The molecule has 0 fully saturated rings. The second kappa shape index (κ2) is 2.79. The minimum atomic E-state index is -1.13. The number of nitrogens with one attached hydrogen (secondary N) is 3. The summed E-state index contributed by atoms with van der Waals surface area (Å²) in [5, 5.41) is 12.0. The van der Waals surface area contributed by atoms with Crippen LogP contribution in [-0.2, 0) is 10.3 Å². The Hall–Kier alpha value is -2.63. The van der Waals surface area contributed by atoms with E-state index in [4.69, 9.17) is 0 Å². The second-order valence-corrected chi connectivity index (χ2v) is 4.36. The highest BCUT2D eigenvalue weighted by molar-refractivity contribution is 6.15. The number of hydrogen-bond donors (Lipinski definition) is 3. The van der Waals surface area contributed by atoms with Crippen LogP contribution in [0.3, 0.4) is 0 Å². The zero-order chi connectivity index (χ0) is 12.3. The van der Waals surface area contributed by atoms with Gasteiger partial charge in [-0.05, 0) is 6.07 Å². The summed E-state index contributed by atoms with van der Waals surface area (Å²) in [6.07, 6.45) is 1.52. The summed E-state index contributed by atoms with van der Waals surface area (Å²) in [7, 11) is 0. The lowest BCUT2D eigenvalue weighted by molar-refractivity contribution is -0.120. The third-order valence-corrected chi connectivity index (χ3v) is 3.49. The van der Waals surface area contributed by atoms with Gasteiger partial charge < -0.3 is 10.6 Å². The number of hydrogen-bond acceptors (Lipinski definition) is 3. The molecule has 2 aromatic rings. The summed E-state index contributed by atoms with van der Waals surface area (Å²) in [5.74, 6) is -0.563. The van der Waals surface area contributed by atoms with Crippen LogP contribution in [0.25, 0.3) is 0 Å². The van der Waals surface area contributed by atoms with Gasteiger partial charge in [-0.25, -0.2) is 0 Å². The summed E-state index contributed by atoms with van der Waals surface area (Å²) >= 11 is 0. The molecule has 1 aromatic carbocycles. The van der Waals surface area contributed by atoms with Gasteiger partial charge in [0.05, 0.1) is 6.20 Å². The predicted molar refractivity (Wildman–Crippen MR) is 61.9 cm³/mol. The topological polar surface area (TPSA) is 86.9 Å². The molecule has 0 saturated heterocycles. The number of carbonyl (C=O) groups excluding carboxylic acids is 2. The van der Waals surface area contributed by atoms with E-state index in [1.807, 2.05) is 24.3 Å². The molecule has 0 aliphatic carbocycles. The highest BCUT2D eigenvalue weighted by Crippen LogP contribution is 2.44. The molecule has 6 nitrogen and oxygen atoms in total. The molecule has 1 spiro atoms. The van der Waals surface area contributed by atoms with Crippen LogP contribution in [0.4, 0.5) is 5.69 Å². The van der Waals surface area contributed by atoms with Gasteiger partial charge in [0, 0.05) is 16.8 Å². The first-order valence-electron chi connectivity index (χ1n) is 5.51. The van der Waals surface area contributed by atoms with Crippen LogP contribution >= 0.6 is 0 Å². The van der Waals surface area contributed by atoms with Gasteiger partial charge >= 0.3 is 0 Å². The highest BCUT2D eigenvalue weighted by atomic mass is 16.2. The third-order valence-electron chi connectivity index (χ3n) is 3.49. The van der Waals surface area contributed by atoms with Gasteiger partial charge in [-0.1, -0.05) is 18.2 Å². The molecule has 1 atom stereocenters. The van der Waals surface area contributed by atoms with E-state index < -0.39 is 5.54 Å². The molecule has 3 N–H and O–H groups in total. The SMILES string of the molecule is O=C1NC2(C(=O)Nc3ccccc32)c2cn[nH]c21. The van der Waals surface area contributed by atoms with E-state index >= 15 is 0 Å². The van der Waals surface area contributed by atoms with Gasteiger partial charge in [0.25, 0.3) is 11.8 Å². The molecule has 88 valence electrons. The maximum absolute atomic E-state index is 12.3. The molecule has 0 saturated carbocycles. The van der Waals surface area contributed by atoms with Crippen LogP contribution in [-0.4, -0.2) is 22.0 Å². The van der Waals surface area contributed by atoms with E-state index in [1.54, 1.807) is 0 Å². The van der Waals surface area contributed by atoms with Gasteiger partial charge in [-0.15, -0.1) is 0 Å². The van der Waals surface area contributed by atoms with Crippen molar-refractivity contribution >= 4 is 17.5 Å². The Morgan fingerprint density at radius 1 is 1.11 bits per heavy atom. The molecular weight excluding hydrogens is 232 g/mol. The van der Waals surface area contributed by atoms with E-state index in [9.17, 15) is 9.59 Å². The number of amides is 2. The molecule has 2 aliphatic heterocycles. The minimum absolute atomic E-state index is 0.253. The number of carbonyl (C=O) groups is 2. The van der Waals surface area contributed by atoms with Crippen LogP contribution in [0.5, 0.6) is 0 Å². The van der Waals surface area contributed by atoms with Crippen molar-refractivity contribution in [1.29, 1.82) is 0 Å². The zero-order valence-corrected chi connectivity index (χ0v) is 9.15. The first kappa shape index (κ1) is 9.41. The van der Waals surface area contributed by atoms with Crippen LogP contribution in [0.15, 0.2) is 30.5 Å². The fourth-order valence-electron chi connectivity index (χ4n) is 2.69. The fourth-order valence-corrected chi connectivity index (χ4v) is 2.69. The fraction of sp³-hybridized carbons (Fsp3) is 0.0833. The van der Waals surface area contributed by atoms with E-state index in [0.717, 1.165) is 11.3 Å². The van der Waals surface area contributed by atoms with Crippen molar-refractivity contribution in [3.63, 3.8) is 0 Å². The summed E-state index contributed by atoms with van der Waals surface area (Å²) < 4.78 is 0. The van der Waals surface area contributed by atoms with E-state index in [1.165, 1.54) is 6.20 Å². The largest absolute Gasteiger partial charge is 0.329 e. The van der Waals surface area contributed by atoms with Crippen molar-refractivity contribution < 1.29 is 9.59 Å². The summed E-state index contributed by atoms with van der Waals surface area (Å²) in [6.45, 7) is 0. The van der Waals surface area contributed by atoms with Gasteiger partial charge in [0.15, 0.2) is 5.54 Å². The number of aromatic amines is 1. The normalized spacial score (nSPS) is 23.8. The lowest BCUT2D eigenvalue weighted by atomic mass is 9.87. The summed E-state index contributed by atoms with van der Waals surface area (Å²) in [4.78, 5) is 24.2. The number of nitrogens with zero attached hydrogens (tertiary/aromatic N) is 1. The molecule has 1 aromatic heterocycles. The Morgan fingerprint density at radius 2 is 1.94 bits per heavy atom. The molecule has 4 rings (SSSR count). The Bertz CT molecular complexity index is 706. The van der Waals surface area contributed by atoms with Gasteiger partial charge in [-0.2, -0.15) is 5.10 Å². The van der Waals surface area contributed by atoms with Crippen LogP contribution in [0.1, 0.15) is 21.6 Å². The van der Waals surface area contributed by atoms with Crippen molar-refractivity contribution in [2.45, 2.75) is 5.54 Å². The number of para-hydroxylation sites is 1. The van der Waals surface area contributed by atoms with Crippen molar-refractivity contribution in [2.75, 3.05) is 5.32 Å². The van der Waals surface area contributed by atoms with Crippen molar-refractivity contribution in [2.24, 2.45) is 0 Å². The van der Waals surface area contributed by atoms with Crippen molar-refractivity contribution in [3.05, 3.63) is 47.3 Å². The Kier molecular flexibility index (Phi) is 1.46. The van der Waals surface area contributed by atoms with E-state index in [-0.39, 0.29) is 11.8 Å². The first-order chi connectivity index (χ1) is 8.73. The van der Waals surface area contributed by atoms with Crippen LogP contribution in [0.2, 0.25) is 0 Å².